The van der Waals surface area contributed by atoms with E-state index >= 15 is 0 Å². The molecule has 0 bridgehead atoms. The van der Waals surface area contributed by atoms with Gasteiger partial charge in [-0.25, -0.2) is 0 Å². The quantitative estimate of drug-likeness (QED) is 0.622. The van der Waals surface area contributed by atoms with Gasteiger partial charge in [-0.1, -0.05) is 34.1 Å². The van der Waals surface area contributed by atoms with Crippen LogP contribution < -0.4 is 0 Å². The van der Waals surface area contributed by atoms with Crippen LogP contribution in [0.15, 0.2) is 0 Å². The molecule has 0 aromatic carbocycles. The van der Waals surface area contributed by atoms with E-state index in [0.29, 0.717) is 6.42 Å². The van der Waals surface area contributed by atoms with Crippen molar-refractivity contribution in [3.05, 3.63) is 0 Å². The molecule has 6 heteroatoms. The molecule has 0 aromatic heterocycles. The maximum atomic E-state index is 11.8. The third-order valence-corrected chi connectivity index (χ3v) is 4.20. The molecule has 3 N–H and O–H groups in total. The van der Waals surface area contributed by atoms with Crippen LogP contribution in [0.5, 0.6) is 0 Å². The monoisotopic (exact) mass is 304 g/mol. The Kier molecular flexibility index (Phi) is 6.59. The van der Waals surface area contributed by atoms with Gasteiger partial charge >= 0.3 is 5.97 Å². The molecule has 5 atom stereocenters. The average Bonchev–Trinajstić information content (AvgIpc) is 2.43. The average molecular weight is 304 g/mol. The van der Waals surface area contributed by atoms with Crippen molar-refractivity contribution in [1.29, 1.82) is 0 Å². The molecule has 0 aliphatic carbocycles. The van der Waals surface area contributed by atoms with E-state index in [1.54, 1.807) is 0 Å². The van der Waals surface area contributed by atoms with Crippen LogP contribution in [0.25, 0.3) is 0 Å². The number of hydrogen-bond acceptors (Lipinski definition) is 6. The lowest BCUT2D eigenvalue weighted by Crippen LogP contribution is -2.58. The standard InChI is InChI=1S/C15H28O6/c1-5-9-12(17)14(19)13(18)10(21-9)8-20-11(16)7-15(3,4)6-2/h9-10,12-14,17-19H,5-8H2,1-4H3. The Hall–Kier alpha value is -0.690. The topological polar surface area (TPSA) is 96.2 Å². The highest BCUT2D eigenvalue weighted by atomic mass is 16.6. The Morgan fingerprint density at radius 3 is 2.19 bits per heavy atom. The molecule has 0 radical (unpaired) electrons. The fourth-order valence-corrected chi connectivity index (χ4v) is 2.24. The number of carbonyl (C=O) groups is 1. The Bertz CT molecular complexity index is 341. The summed E-state index contributed by atoms with van der Waals surface area (Å²) in [5, 5.41) is 29.4. The number of ether oxygens (including phenoxy) is 2. The summed E-state index contributed by atoms with van der Waals surface area (Å²) in [4.78, 5) is 11.8. The fourth-order valence-electron chi connectivity index (χ4n) is 2.24. The van der Waals surface area contributed by atoms with E-state index in [1.807, 2.05) is 27.7 Å². The van der Waals surface area contributed by atoms with Gasteiger partial charge in [-0.3, -0.25) is 4.79 Å². The predicted octanol–water partition coefficient (Wildman–Crippen LogP) is 0.616. The molecule has 1 saturated heterocycles. The molecule has 1 rings (SSSR count). The van der Waals surface area contributed by atoms with E-state index in [4.69, 9.17) is 9.47 Å². The molecule has 21 heavy (non-hydrogen) atoms. The molecule has 0 amide bonds. The second-order valence-corrected chi connectivity index (χ2v) is 6.47. The van der Waals surface area contributed by atoms with Crippen molar-refractivity contribution >= 4 is 5.97 Å². The van der Waals surface area contributed by atoms with Gasteiger partial charge in [-0.2, -0.15) is 0 Å². The van der Waals surface area contributed by atoms with Gasteiger partial charge in [-0.05, 0) is 11.8 Å². The highest BCUT2D eigenvalue weighted by molar-refractivity contribution is 5.70. The first-order valence-electron chi connectivity index (χ1n) is 7.57. The van der Waals surface area contributed by atoms with Crippen LogP contribution in [0, 0.1) is 5.41 Å². The summed E-state index contributed by atoms with van der Waals surface area (Å²) in [6.45, 7) is 7.65. The molecule has 0 spiro atoms. The number of aliphatic hydroxyl groups excluding tert-OH is 3. The van der Waals surface area contributed by atoms with E-state index < -0.39 is 30.5 Å². The van der Waals surface area contributed by atoms with E-state index in [1.165, 1.54) is 0 Å². The number of aliphatic hydroxyl groups is 3. The van der Waals surface area contributed by atoms with Gasteiger partial charge in [0.2, 0.25) is 0 Å². The van der Waals surface area contributed by atoms with Gasteiger partial charge in [0.05, 0.1) is 12.5 Å². The minimum atomic E-state index is -1.29. The van der Waals surface area contributed by atoms with Crippen LogP contribution in [0.1, 0.15) is 47.0 Å². The second-order valence-electron chi connectivity index (χ2n) is 6.47. The summed E-state index contributed by atoms with van der Waals surface area (Å²) in [7, 11) is 0. The zero-order valence-electron chi connectivity index (χ0n) is 13.3. The summed E-state index contributed by atoms with van der Waals surface area (Å²) in [6.07, 6.45) is -3.44. The van der Waals surface area contributed by atoms with E-state index in [9.17, 15) is 20.1 Å². The second kappa shape index (κ2) is 7.54. The Morgan fingerprint density at radius 1 is 1.10 bits per heavy atom. The largest absolute Gasteiger partial charge is 0.463 e. The zero-order chi connectivity index (χ0) is 16.2. The molecule has 124 valence electrons. The Labute approximate surface area is 126 Å². The fraction of sp³-hybridized carbons (Fsp3) is 0.933. The summed E-state index contributed by atoms with van der Waals surface area (Å²) in [5.74, 6) is -0.355. The van der Waals surface area contributed by atoms with Crippen LogP contribution >= 0.6 is 0 Å². The minimum Gasteiger partial charge on any atom is -0.463 e. The van der Waals surface area contributed by atoms with E-state index in [0.717, 1.165) is 6.42 Å². The van der Waals surface area contributed by atoms with Gasteiger partial charge in [0.1, 0.15) is 31.0 Å². The molecule has 1 heterocycles. The lowest BCUT2D eigenvalue weighted by Gasteiger charge is -2.40. The van der Waals surface area contributed by atoms with Crippen LogP contribution in [0.4, 0.5) is 0 Å². The van der Waals surface area contributed by atoms with Crippen LogP contribution in [0.2, 0.25) is 0 Å². The van der Waals surface area contributed by atoms with Crippen molar-refractivity contribution in [3.8, 4) is 0 Å². The summed E-state index contributed by atoms with van der Waals surface area (Å²) in [5.41, 5.74) is -0.134. The number of rotatable bonds is 6. The first-order chi connectivity index (χ1) is 9.71. The lowest BCUT2D eigenvalue weighted by atomic mass is 9.87. The van der Waals surface area contributed by atoms with Gasteiger partial charge in [0.15, 0.2) is 0 Å². The van der Waals surface area contributed by atoms with Crippen molar-refractivity contribution in [2.75, 3.05) is 6.61 Å². The summed E-state index contributed by atoms with van der Waals surface area (Å²) >= 11 is 0. The number of esters is 1. The first kappa shape index (κ1) is 18.4. The smallest absolute Gasteiger partial charge is 0.306 e. The lowest BCUT2D eigenvalue weighted by molar-refractivity contribution is -0.232. The SMILES string of the molecule is CCC1OC(COC(=O)CC(C)(C)CC)C(O)C(O)C1O. The molecule has 0 aromatic rings. The minimum absolute atomic E-state index is 0.125. The maximum absolute atomic E-state index is 11.8. The Balaban J connectivity index is 2.52. The maximum Gasteiger partial charge on any atom is 0.306 e. The van der Waals surface area contributed by atoms with Crippen molar-refractivity contribution in [2.24, 2.45) is 5.41 Å². The normalized spacial score (nSPS) is 33.8. The zero-order valence-corrected chi connectivity index (χ0v) is 13.3. The van der Waals surface area contributed by atoms with Crippen molar-refractivity contribution < 1.29 is 29.6 Å². The van der Waals surface area contributed by atoms with Crippen molar-refractivity contribution in [2.45, 2.75) is 77.5 Å². The molecular weight excluding hydrogens is 276 g/mol. The summed E-state index contributed by atoms with van der Waals surface area (Å²) in [6, 6.07) is 0. The molecule has 5 unspecified atom stereocenters. The van der Waals surface area contributed by atoms with Crippen LogP contribution in [0.3, 0.4) is 0 Å². The van der Waals surface area contributed by atoms with Crippen LogP contribution in [-0.2, 0) is 14.3 Å². The molecule has 6 nitrogen and oxygen atoms in total. The molecule has 0 saturated carbocycles. The first-order valence-corrected chi connectivity index (χ1v) is 7.57. The third kappa shape index (κ3) is 4.92. The van der Waals surface area contributed by atoms with Gasteiger partial charge in [-0.15, -0.1) is 0 Å². The van der Waals surface area contributed by atoms with Crippen molar-refractivity contribution in [1.82, 2.24) is 0 Å². The van der Waals surface area contributed by atoms with Crippen LogP contribution in [-0.4, -0.2) is 58.4 Å². The van der Waals surface area contributed by atoms with Gasteiger partial charge in [0, 0.05) is 0 Å². The number of hydrogen-bond donors (Lipinski definition) is 3. The van der Waals surface area contributed by atoms with Crippen molar-refractivity contribution in [3.63, 3.8) is 0 Å². The molecule has 1 aliphatic rings. The molecule has 1 aliphatic heterocycles. The molecular formula is C15H28O6. The molecule has 1 fully saturated rings. The van der Waals surface area contributed by atoms with E-state index in [-0.39, 0.29) is 24.4 Å². The third-order valence-electron chi connectivity index (χ3n) is 4.20. The van der Waals surface area contributed by atoms with Gasteiger partial charge < -0.3 is 24.8 Å². The number of carbonyl (C=O) groups excluding carboxylic acids is 1. The highest BCUT2D eigenvalue weighted by Gasteiger charge is 2.43. The van der Waals surface area contributed by atoms with E-state index in [2.05, 4.69) is 0 Å². The predicted molar refractivity (Wildman–Crippen MR) is 76.6 cm³/mol. The Morgan fingerprint density at radius 2 is 1.67 bits per heavy atom. The highest BCUT2D eigenvalue weighted by Crippen LogP contribution is 2.26. The summed E-state index contributed by atoms with van der Waals surface area (Å²) < 4.78 is 10.6. The van der Waals surface area contributed by atoms with Gasteiger partial charge in [0.25, 0.3) is 0 Å².